The molecule has 0 aliphatic carbocycles. The van der Waals surface area contributed by atoms with Crippen molar-refractivity contribution in [3.63, 3.8) is 0 Å². The highest BCUT2D eigenvalue weighted by atomic mass is 28.3. The zero-order valence-electron chi connectivity index (χ0n) is 26.8. The summed E-state index contributed by atoms with van der Waals surface area (Å²) in [6.07, 6.45) is 44.6. The zero-order valence-corrected chi connectivity index (χ0v) is 27.8. The minimum Gasteiger partial charge on any atom is -0.0654 e. The van der Waals surface area contributed by atoms with E-state index in [1.54, 1.807) is 37.4 Å². The summed E-state index contributed by atoms with van der Waals surface area (Å²) in [6.45, 7) is 6.97. The Morgan fingerprint density at radius 2 is 0.378 bits per heavy atom. The molecule has 223 valence electrons. The van der Waals surface area contributed by atoms with E-state index in [0.29, 0.717) is 0 Å². The third kappa shape index (κ3) is 32.3. The van der Waals surface area contributed by atoms with E-state index < -0.39 is 0 Å². The molecule has 0 unspecified atom stereocenters. The summed E-state index contributed by atoms with van der Waals surface area (Å²) >= 11 is 0. The molecule has 0 nitrogen and oxygen atoms in total. The Labute approximate surface area is 239 Å². The van der Waals surface area contributed by atoms with Crippen LogP contribution in [0.3, 0.4) is 0 Å². The predicted octanol–water partition coefficient (Wildman–Crippen LogP) is 14.2. The molecule has 0 atom stereocenters. The van der Waals surface area contributed by atoms with Crippen LogP contribution in [0.5, 0.6) is 0 Å². The molecule has 0 N–H and O–H groups in total. The summed E-state index contributed by atoms with van der Waals surface area (Å²) in [5, 5.41) is 0. The highest BCUT2D eigenvalue weighted by Gasteiger charge is 2.11. The van der Waals surface area contributed by atoms with E-state index in [1.165, 1.54) is 173 Å². The summed E-state index contributed by atoms with van der Waals surface area (Å²) in [5.41, 5.74) is 0. The molecule has 1 radical (unpaired) electrons. The third-order valence-corrected chi connectivity index (χ3v) is 11.8. The molecular formula is C36H75Si. The van der Waals surface area contributed by atoms with Crippen molar-refractivity contribution in [3.05, 3.63) is 0 Å². The van der Waals surface area contributed by atoms with Crippen LogP contribution >= 0.6 is 0 Å². The Hall–Kier alpha value is 0.217. The fourth-order valence-electron chi connectivity index (χ4n) is 5.96. The minimum absolute atomic E-state index is 0.0662. The smallest absolute Gasteiger partial charge is 0.0479 e. The molecule has 0 fully saturated rings. The van der Waals surface area contributed by atoms with Gasteiger partial charge in [-0.25, -0.2) is 0 Å². The van der Waals surface area contributed by atoms with E-state index in [0.717, 1.165) is 0 Å². The van der Waals surface area contributed by atoms with E-state index >= 15 is 0 Å². The SMILES string of the molecule is CCCCCCCCCCCC[Si](CCCCCCCCCCCC)CCCCCCCCCCCC. The monoisotopic (exact) mass is 536 g/mol. The van der Waals surface area contributed by atoms with Crippen LogP contribution in [-0.2, 0) is 0 Å². The molecule has 0 spiro atoms. The highest BCUT2D eigenvalue weighted by molar-refractivity contribution is 6.58. The average Bonchev–Trinajstić information content (AvgIpc) is 2.91. The Kier molecular flexibility index (Phi) is 34.4. The summed E-state index contributed by atoms with van der Waals surface area (Å²) in [6, 6.07) is 4.90. The summed E-state index contributed by atoms with van der Waals surface area (Å²) in [5.74, 6) is 0. The Morgan fingerprint density at radius 3 is 0.568 bits per heavy atom. The van der Waals surface area contributed by atoms with Gasteiger partial charge in [-0.05, 0) is 0 Å². The van der Waals surface area contributed by atoms with E-state index in [1.807, 2.05) is 0 Å². The first kappa shape index (κ1) is 37.2. The van der Waals surface area contributed by atoms with Gasteiger partial charge in [-0.15, -0.1) is 0 Å². The Morgan fingerprint density at radius 1 is 0.216 bits per heavy atom. The first-order chi connectivity index (χ1) is 18.3. The Bertz CT molecular complexity index is 322. The number of unbranched alkanes of at least 4 members (excludes halogenated alkanes) is 27. The highest BCUT2D eigenvalue weighted by Crippen LogP contribution is 2.21. The van der Waals surface area contributed by atoms with Gasteiger partial charge < -0.3 is 0 Å². The van der Waals surface area contributed by atoms with Gasteiger partial charge in [-0.2, -0.15) is 0 Å². The van der Waals surface area contributed by atoms with E-state index in [9.17, 15) is 0 Å². The number of hydrogen-bond donors (Lipinski definition) is 0. The predicted molar refractivity (Wildman–Crippen MR) is 176 cm³/mol. The molecule has 0 saturated carbocycles. The van der Waals surface area contributed by atoms with Crippen molar-refractivity contribution in [2.45, 2.75) is 232 Å². The van der Waals surface area contributed by atoms with Gasteiger partial charge in [-0.1, -0.05) is 232 Å². The van der Waals surface area contributed by atoms with Crippen LogP contribution in [0.2, 0.25) is 18.1 Å². The molecule has 0 saturated heterocycles. The van der Waals surface area contributed by atoms with Crippen molar-refractivity contribution in [1.82, 2.24) is 0 Å². The third-order valence-electron chi connectivity index (χ3n) is 8.65. The molecule has 0 aromatic rings. The maximum Gasteiger partial charge on any atom is 0.0479 e. The normalized spacial score (nSPS) is 11.7. The molecule has 37 heavy (non-hydrogen) atoms. The van der Waals surface area contributed by atoms with Gasteiger partial charge in [0.1, 0.15) is 0 Å². The van der Waals surface area contributed by atoms with Crippen molar-refractivity contribution in [2.24, 2.45) is 0 Å². The van der Waals surface area contributed by atoms with Crippen molar-refractivity contribution in [2.75, 3.05) is 0 Å². The first-order valence-electron chi connectivity index (χ1n) is 18.2. The zero-order chi connectivity index (χ0) is 26.9. The molecule has 0 amide bonds. The van der Waals surface area contributed by atoms with Crippen molar-refractivity contribution < 1.29 is 0 Å². The standard InChI is InChI=1S/C36H75Si/c1-4-7-10-13-16-19-22-25-28-31-34-37(35-32-29-26-23-20-17-14-11-8-5-2)36-33-30-27-24-21-18-15-12-9-6-3/h4-36H2,1-3H3. The second-order valence-corrected chi connectivity index (χ2v) is 15.5. The van der Waals surface area contributed by atoms with Crippen molar-refractivity contribution in [3.8, 4) is 0 Å². The molecule has 1 heteroatoms. The maximum atomic E-state index is 2.32. The van der Waals surface area contributed by atoms with Gasteiger partial charge in [0.05, 0.1) is 0 Å². The van der Waals surface area contributed by atoms with Crippen LogP contribution < -0.4 is 0 Å². The van der Waals surface area contributed by atoms with E-state index in [2.05, 4.69) is 20.8 Å². The van der Waals surface area contributed by atoms with Gasteiger partial charge in [0, 0.05) is 8.80 Å². The van der Waals surface area contributed by atoms with Crippen LogP contribution in [-0.4, -0.2) is 8.80 Å². The van der Waals surface area contributed by atoms with E-state index in [4.69, 9.17) is 0 Å². The van der Waals surface area contributed by atoms with Gasteiger partial charge >= 0.3 is 0 Å². The van der Waals surface area contributed by atoms with Crippen molar-refractivity contribution in [1.29, 1.82) is 0 Å². The van der Waals surface area contributed by atoms with Crippen LogP contribution in [0.15, 0.2) is 0 Å². The number of rotatable bonds is 33. The fourth-order valence-corrected chi connectivity index (χ4v) is 8.96. The second-order valence-electron chi connectivity index (χ2n) is 12.5. The summed E-state index contributed by atoms with van der Waals surface area (Å²) in [4.78, 5) is 0. The molecule has 0 aliphatic heterocycles. The van der Waals surface area contributed by atoms with Crippen LogP contribution in [0, 0.1) is 0 Å². The summed E-state index contributed by atoms with van der Waals surface area (Å²) < 4.78 is 0. The lowest BCUT2D eigenvalue weighted by molar-refractivity contribution is 0.557. The molecule has 0 aromatic heterocycles. The molecule has 0 heterocycles. The molecule has 0 bridgehead atoms. The number of hydrogen-bond acceptors (Lipinski definition) is 0. The van der Waals surface area contributed by atoms with Gasteiger partial charge in [0.2, 0.25) is 0 Å². The average molecular weight is 536 g/mol. The molecular weight excluding hydrogens is 460 g/mol. The largest absolute Gasteiger partial charge is 0.0654 e. The van der Waals surface area contributed by atoms with Crippen molar-refractivity contribution >= 4 is 8.80 Å². The topological polar surface area (TPSA) is 0 Å². The van der Waals surface area contributed by atoms with Crippen LogP contribution in [0.1, 0.15) is 213 Å². The maximum absolute atomic E-state index is 2.32. The molecule has 0 aromatic carbocycles. The lowest BCUT2D eigenvalue weighted by atomic mass is 10.1. The van der Waals surface area contributed by atoms with Crippen LogP contribution in [0.4, 0.5) is 0 Å². The minimum atomic E-state index is -0.0662. The van der Waals surface area contributed by atoms with Crippen LogP contribution in [0.25, 0.3) is 0 Å². The Balaban J connectivity index is 3.87. The van der Waals surface area contributed by atoms with Gasteiger partial charge in [0.25, 0.3) is 0 Å². The molecule has 0 rings (SSSR count). The fraction of sp³-hybridized carbons (Fsp3) is 1.00. The second kappa shape index (κ2) is 34.2. The lowest BCUT2D eigenvalue weighted by Crippen LogP contribution is -2.12. The quantitative estimate of drug-likeness (QED) is 0.0579. The lowest BCUT2D eigenvalue weighted by Gasteiger charge is -2.15. The summed E-state index contributed by atoms with van der Waals surface area (Å²) in [7, 11) is -0.0662. The van der Waals surface area contributed by atoms with E-state index in [-0.39, 0.29) is 8.80 Å². The molecule has 0 aliphatic rings. The first-order valence-corrected chi connectivity index (χ1v) is 20.3. The van der Waals surface area contributed by atoms with Gasteiger partial charge in [0.15, 0.2) is 0 Å². The van der Waals surface area contributed by atoms with Gasteiger partial charge in [-0.3, -0.25) is 0 Å².